The quantitative estimate of drug-likeness (QED) is 0.729. The number of aromatic hydroxyl groups is 1. The Morgan fingerprint density at radius 2 is 2.00 bits per heavy atom. The van der Waals surface area contributed by atoms with Gasteiger partial charge in [0.2, 0.25) is 0 Å². The summed E-state index contributed by atoms with van der Waals surface area (Å²) in [5.41, 5.74) is 2.60. The second-order valence-electron chi connectivity index (χ2n) is 5.14. The van der Waals surface area contributed by atoms with E-state index in [9.17, 15) is 5.11 Å². The summed E-state index contributed by atoms with van der Waals surface area (Å²) >= 11 is 6.30. The molecule has 0 saturated heterocycles. The van der Waals surface area contributed by atoms with Crippen LogP contribution in [0.1, 0.15) is 22.3 Å². The number of phenolic OH excluding ortho intramolecular Hbond substituents is 1. The van der Waals surface area contributed by atoms with Crippen molar-refractivity contribution in [2.24, 2.45) is 0 Å². The van der Waals surface area contributed by atoms with Crippen molar-refractivity contribution in [1.29, 1.82) is 5.26 Å². The summed E-state index contributed by atoms with van der Waals surface area (Å²) in [7, 11) is 0. The Labute approximate surface area is 144 Å². The van der Waals surface area contributed by atoms with Crippen LogP contribution >= 0.6 is 11.6 Å². The van der Waals surface area contributed by atoms with Crippen molar-refractivity contribution in [3.8, 4) is 23.7 Å². The third-order valence-corrected chi connectivity index (χ3v) is 3.73. The van der Waals surface area contributed by atoms with Crippen molar-refractivity contribution in [2.75, 3.05) is 0 Å². The van der Waals surface area contributed by atoms with E-state index in [1.807, 2.05) is 35.0 Å². The molecule has 0 radical (unpaired) electrons. The molecule has 1 heterocycles. The highest BCUT2D eigenvalue weighted by Gasteiger charge is 2.02. The summed E-state index contributed by atoms with van der Waals surface area (Å²) in [6, 6.07) is 12.3. The van der Waals surface area contributed by atoms with E-state index >= 15 is 0 Å². The number of hydrogen-bond donors (Lipinski definition) is 1. The molecule has 0 aliphatic heterocycles. The molecule has 5 heteroatoms. The molecule has 0 unspecified atom stereocenters. The lowest BCUT2D eigenvalue weighted by Gasteiger charge is -2.04. The molecule has 4 nitrogen and oxygen atoms in total. The van der Waals surface area contributed by atoms with Crippen LogP contribution in [0.4, 0.5) is 0 Å². The molecule has 2 aromatic carbocycles. The van der Waals surface area contributed by atoms with E-state index in [2.05, 4.69) is 16.8 Å². The van der Waals surface area contributed by atoms with Crippen LogP contribution in [0.25, 0.3) is 0 Å². The number of benzene rings is 2. The lowest BCUT2D eigenvalue weighted by molar-refractivity contribution is 0.473. The van der Waals surface area contributed by atoms with E-state index in [1.54, 1.807) is 24.7 Å². The van der Waals surface area contributed by atoms with Crippen molar-refractivity contribution in [2.45, 2.75) is 6.54 Å². The summed E-state index contributed by atoms with van der Waals surface area (Å²) in [6.45, 7) is 0.691. The highest BCUT2D eigenvalue weighted by molar-refractivity contribution is 6.31. The Morgan fingerprint density at radius 1 is 1.12 bits per heavy atom. The molecule has 0 aliphatic carbocycles. The SMILES string of the molecule is N#Cc1cc(C#Cc2ccc(Cn3ccnc3)cc2Cl)ccc1O. The molecule has 116 valence electrons. The van der Waals surface area contributed by atoms with Gasteiger partial charge in [0.25, 0.3) is 0 Å². The Morgan fingerprint density at radius 3 is 2.71 bits per heavy atom. The molecule has 3 aromatic rings. The Balaban J connectivity index is 1.83. The average molecular weight is 334 g/mol. The van der Waals surface area contributed by atoms with Gasteiger partial charge in [0, 0.05) is 30.1 Å². The largest absolute Gasteiger partial charge is 0.507 e. The van der Waals surface area contributed by atoms with E-state index in [1.165, 1.54) is 6.07 Å². The first-order valence-electron chi connectivity index (χ1n) is 7.15. The minimum Gasteiger partial charge on any atom is -0.507 e. The van der Waals surface area contributed by atoms with E-state index in [-0.39, 0.29) is 11.3 Å². The molecule has 0 spiro atoms. The Hall–Kier alpha value is -3.21. The molecule has 24 heavy (non-hydrogen) atoms. The number of aromatic nitrogens is 2. The lowest BCUT2D eigenvalue weighted by atomic mass is 10.1. The summed E-state index contributed by atoms with van der Waals surface area (Å²) in [5, 5.41) is 19.0. The molecule has 0 saturated carbocycles. The minimum absolute atomic E-state index is 0.0510. The highest BCUT2D eigenvalue weighted by Crippen LogP contribution is 2.19. The van der Waals surface area contributed by atoms with Crippen molar-refractivity contribution in [3.05, 3.63) is 82.4 Å². The Kier molecular flexibility index (Phi) is 4.52. The van der Waals surface area contributed by atoms with Crippen LogP contribution < -0.4 is 0 Å². The molecule has 0 fully saturated rings. The number of nitrogens with zero attached hydrogens (tertiary/aromatic N) is 3. The van der Waals surface area contributed by atoms with Crippen LogP contribution in [0.2, 0.25) is 5.02 Å². The van der Waals surface area contributed by atoms with Gasteiger partial charge in [0.05, 0.1) is 16.9 Å². The molecule has 1 N–H and O–H groups in total. The first kappa shape index (κ1) is 15.7. The maximum atomic E-state index is 9.50. The minimum atomic E-state index is -0.0510. The molecule has 0 aliphatic rings. The van der Waals surface area contributed by atoms with Gasteiger partial charge in [-0.15, -0.1) is 0 Å². The fourth-order valence-electron chi connectivity index (χ4n) is 2.19. The van der Waals surface area contributed by atoms with Crippen molar-refractivity contribution < 1.29 is 5.11 Å². The van der Waals surface area contributed by atoms with Gasteiger partial charge < -0.3 is 9.67 Å². The van der Waals surface area contributed by atoms with Crippen molar-refractivity contribution in [3.63, 3.8) is 0 Å². The van der Waals surface area contributed by atoms with Crippen LogP contribution in [0.15, 0.2) is 55.1 Å². The zero-order chi connectivity index (χ0) is 16.9. The maximum Gasteiger partial charge on any atom is 0.133 e. The predicted octanol–water partition coefficient (Wildman–Crippen LogP) is 3.56. The van der Waals surface area contributed by atoms with E-state index in [0.717, 1.165) is 5.56 Å². The number of hydrogen-bond acceptors (Lipinski definition) is 3. The van der Waals surface area contributed by atoms with Crippen LogP contribution in [0.3, 0.4) is 0 Å². The van der Waals surface area contributed by atoms with Crippen LogP contribution in [0.5, 0.6) is 5.75 Å². The summed E-state index contributed by atoms with van der Waals surface area (Å²) < 4.78 is 1.96. The van der Waals surface area contributed by atoms with Gasteiger partial charge in [-0.1, -0.05) is 29.5 Å². The molecule has 0 atom stereocenters. The summed E-state index contributed by atoms with van der Waals surface area (Å²) in [5.74, 6) is 5.90. The van der Waals surface area contributed by atoms with Crippen molar-refractivity contribution >= 4 is 11.6 Å². The molecular formula is C19H12ClN3O. The van der Waals surface area contributed by atoms with Crippen molar-refractivity contribution in [1.82, 2.24) is 9.55 Å². The maximum absolute atomic E-state index is 9.50. The number of nitriles is 1. The van der Waals surface area contributed by atoms with Gasteiger partial charge in [0.1, 0.15) is 11.8 Å². The molecule has 1 aromatic heterocycles. The van der Waals surface area contributed by atoms with Gasteiger partial charge in [-0.2, -0.15) is 5.26 Å². The average Bonchev–Trinajstić information content (AvgIpc) is 3.08. The van der Waals surface area contributed by atoms with E-state index in [0.29, 0.717) is 22.7 Å². The zero-order valence-electron chi connectivity index (χ0n) is 12.6. The molecule has 0 bridgehead atoms. The monoisotopic (exact) mass is 333 g/mol. The second kappa shape index (κ2) is 6.91. The van der Waals surface area contributed by atoms with Crippen LogP contribution in [-0.2, 0) is 6.54 Å². The standard InChI is InChI=1S/C19H12ClN3O/c20-18-10-15(12-23-8-7-22-13-23)2-5-16(18)4-1-14-3-6-19(24)17(9-14)11-21/h2-3,5-10,13,24H,12H2. The first-order valence-corrected chi connectivity index (χ1v) is 7.53. The fraction of sp³-hybridized carbons (Fsp3) is 0.0526. The first-order chi connectivity index (χ1) is 11.7. The number of rotatable bonds is 2. The molecule has 0 amide bonds. The Bertz CT molecular complexity index is 976. The third kappa shape index (κ3) is 3.57. The molecular weight excluding hydrogens is 322 g/mol. The second-order valence-corrected chi connectivity index (χ2v) is 5.55. The van der Waals surface area contributed by atoms with E-state index < -0.39 is 0 Å². The number of imidazole rings is 1. The molecule has 3 rings (SSSR count). The van der Waals surface area contributed by atoms with Crippen LogP contribution in [-0.4, -0.2) is 14.7 Å². The van der Waals surface area contributed by atoms with Gasteiger partial charge in [-0.05, 0) is 35.9 Å². The fourth-order valence-corrected chi connectivity index (χ4v) is 2.44. The van der Waals surface area contributed by atoms with E-state index in [4.69, 9.17) is 16.9 Å². The number of halogens is 1. The normalized spacial score (nSPS) is 9.83. The number of phenols is 1. The summed E-state index contributed by atoms with van der Waals surface area (Å²) in [4.78, 5) is 4.01. The van der Waals surface area contributed by atoms with Crippen LogP contribution in [0, 0.1) is 23.2 Å². The van der Waals surface area contributed by atoms with Gasteiger partial charge >= 0.3 is 0 Å². The topological polar surface area (TPSA) is 61.8 Å². The van der Waals surface area contributed by atoms with Gasteiger partial charge in [-0.25, -0.2) is 4.98 Å². The highest BCUT2D eigenvalue weighted by atomic mass is 35.5. The third-order valence-electron chi connectivity index (χ3n) is 3.42. The zero-order valence-corrected chi connectivity index (χ0v) is 13.3. The predicted molar refractivity (Wildman–Crippen MR) is 91.6 cm³/mol. The summed E-state index contributed by atoms with van der Waals surface area (Å²) in [6.07, 6.45) is 5.37. The van der Waals surface area contributed by atoms with Gasteiger partial charge in [0.15, 0.2) is 0 Å². The lowest BCUT2D eigenvalue weighted by Crippen LogP contribution is -1.96. The smallest absolute Gasteiger partial charge is 0.133 e. The van der Waals surface area contributed by atoms with Gasteiger partial charge in [-0.3, -0.25) is 0 Å².